The highest BCUT2D eigenvalue weighted by molar-refractivity contribution is 6.18. The van der Waals surface area contributed by atoms with Gasteiger partial charge in [-0.05, 0) is 29.8 Å². The lowest BCUT2D eigenvalue weighted by atomic mass is 10.2. The van der Waals surface area contributed by atoms with Crippen molar-refractivity contribution in [1.82, 2.24) is 4.73 Å². The first-order valence-corrected chi connectivity index (χ1v) is 9.63. The van der Waals surface area contributed by atoms with E-state index in [-0.39, 0.29) is 0 Å². The first kappa shape index (κ1) is 19.3. The molecule has 140 valence electrons. The van der Waals surface area contributed by atoms with Crippen molar-refractivity contribution in [2.45, 2.75) is 0 Å². The van der Waals surface area contributed by atoms with Crippen molar-refractivity contribution in [2.24, 2.45) is 10.2 Å². The number of nitrogens with zero attached hydrogens (tertiary/aromatic N) is 4. The number of halogens is 2. The second kappa shape index (κ2) is 9.44. The van der Waals surface area contributed by atoms with E-state index in [0.717, 1.165) is 34.5 Å². The lowest BCUT2D eigenvalue weighted by Gasteiger charge is -2.22. The molecule has 1 aromatic heterocycles. The van der Waals surface area contributed by atoms with E-state index in [9.17, 15) is 5.21 Å². The number of hydrogen-bond donors (Lipinski definition) is 1. The van der Waals surface area contributed by atoms with Gasteiger partial charge in [-0.1, -0.05) is 30.3 Å². The monoisotopic (exact) mass is 402 g/mol. The van der Waals surface area contributed by atoms with Crippen LogP contribution in [0.2, 0.25) is 0 Å². The summed E-state index contributed by atoms with van der Waals surface area (Å²) >= 11 is 11.7. The molecular formula is C20H20Cl2N4O. The molecule has 0 bridgehead atoms. The Bertz CT molecular complexity index is 977. The van der Waals surface area contributed by atoms with Gasteiger partial charge in [0.25, 0.3) is 0 Å². The van der Waals surface area contributed by atoms with Gasteiger partial charge in [0, 0.05) is 42.1 Å². The maximum absolute atomic E-state index is 9.86. The molecule has 0 saturated carbocycles. The van der Waals surface area contributed by atoms with Gasteiger partial charge in [-0.2, -0.15) is 14.9 Å². The van der Waals surface area contributed by atoms with Crippen molar-refractivity contribution in [3.63, 3.8) is 0 Å². The van der Waals surface area contributed by atoms with Crippen LogP contribution in [0.1, 0.15) is 5.56 Å². The fourth-order valence-electron chi connectivity index (χ4n) is 2.79. The minimum atomic E-state index is 0.553. The van der Waals surface area contributed by atoms with Crippen LogP contribution in [0, 0.1) is 0 Å². The van der Waals surface area contributed by atoms with Crippen LogP contribution in [0.5, 0.6) is 0 Å². The summed E-state index contributed by atoms with van der Waals surface area (Å²) in [7, 11) is 0. The van der Waals surface area contributed by atoms with Gasteiger partial charge in [0.1, 0.15) is 0 Å². The summed E-state index contributed by atoms with van der Waals surface area (Å²) in [5.74, 6) is 1.11. The number of benzene rings is 2. The summed E-state index contributed by atoms with van der Waals surface area (Å²) < 4.78 is 1.07. The zero-order valence-electron chi connectivity index (χ0n) is 14.7. The molecule has 0 aliphatic heterocycles. The Labute approximate surface area is 167 Å². The van der Waals surface area contributed by atoms with Crippen molar-refractivity contribution < 1.29 is 5.21 Å². The highest BCUT2D eigenvalue weighted by Crippen LogP contribution is 2.15. The largest absolute Gasteiger partial charge is 0.428 e. The van der Waals surface area contributed by atoms with Gasteiger partial charge in [0.15, 0.2) is 0 Å². The van der Waals surface area contributed by atoms with Crippen LogP contribution in [0.3, 0.4) is 0 Å². The molecule has 0 aliphatic rings. The minimum absolute atomic E-state index is 0.553. The fraction of sp³-hybridized carbons (Fsp3) is 0.200. The molecular weight excluding hydrogens is 383 g/mol. The third kappa shape index (κ3) is 4.81. The van der Waals surface area contributed by atoms with E-state index in [1.54, 1.807) is 18.5 Å². The molecule has 27 heavy (non-hydrogen) atoms. The molecule has 5 nitrogen and oxygen atoms in total. The third-order valence-electron chi connectivity index (χ3n) is 4.14. The molecule has 0 spiro atoms. The second-order valence-corrected chi connectivity index (χ2v) is 6.62. The molecule has 0 amide bonds. The van der Waals surface area contributed by atoms with Crippen LogP contribution in [0.4, 0.5) is 5.69 Å². The number of para-hydroxylation sites is 1. The molecule has 0 fully saturated rings. The van der Waals surface area contributed by atoms with E-state index in [2.05, 4.69) is 15.1 Å². The first-order chi connectivity index (χ1) is 13.2. The SMILES string of the molecule is On1ccc(=NN=Cc2ccc(N(CCCl)CCCl)cc2)c2ccccc21. The number of pyridine rings is 1. The quantitative estimate of drug-likeness (QED) is 0.280. The van der Waals surface area contributed by atoms with E-state index < -0.39 is 0 Å². The average molecular weight is 403 g/mol. The van der Waals surface area contributed by atoms with Crippen LogP contribution in [0.25, 0.3) is 10.9 Å². The van der Waals surface area contributed by atoms with Crippen LogP contribution < -0.4 is 10.3 Å². The molecule has 3 rings (SSSR count). The van der Waals surface area contributed by atoms with E-state index in [4.69, 9.17) is 23.2 Å². The van der Waals surface area contributed by atoms with Gasteiger partial charge >= 0.3 is 0 Å². The van der Waals surface area contributed by atoms with Crippen molar-refractivity contribution >= 4 is 46.0 Å². The predicted octanol–water partition coefficient (Wildman–Crippen LogP) is 4.10. The Kier molecular flexibility index (Phi) is 6.74. The molecule has 0 aliphatic carbocycles. The van der Waals surface area contributed by atoms with E-state index in [1.807, 2.05) is 48.5 Å². The standard InChI is InChI=1S/C20H20Cl2N4O/c21-10-13-25(14-11-22)17-7-5-16(6-8-17)15-23-24-19-9-12-26(27)20-4-2-1-3-18(19)20/h1-9,12,15,27H,10-11,13-14H2. The van der Waals surface area contributed by atoms with E-state index in [1.165, 1.54) is 0 Å². The molecule has 1 N–H and O–H groups in total. The average Bonchev–Trinajstić information content (AvgIpc) is 2.70. The minimum Gasteiger partial charge on any atom is -0.428 e. The van der Waals surface area contributed by atoms with E-state index >= 15 is 0 Å². The molecule has 2 aromatic carbocycles. The molecule has 0 unspecified atom stereocenters. The molecule has 7 heteroatoms. The van der Waals surface area contributed by atoms with Gasteiger partial charge in [0.05, 0.1) is 17.1 Å². The number of anilines is 1. The zero-order chi connectivity index (χ0) is 19.1. The Hall–Kier alpha value is -2.50. The fourth-order valence-corrected chi connectivity index (χ4v) is 3.20. The van der Waals surface area contributed by atoms with Crippen LogP contribution >= 0.6 is 23.2 Å². The van der Waals surface area contributed by atoms with Gasteiger partial charge in [-0.25, -0.2) is 0 Å². The summed E-state index contributed by atoms with van der Waals surface area (Å²) in [4.78, 5) is 2.14. The first-order valence-electron chi connectivity index (χ1n) is 8.56. The summed E-state index contributed by atoms with van der Waals surface area (Å²) in [5, 5.41) is 19.9. The summed E-state index contributed by atoms with van der Waals surface area (Å²) in [6.45, 7) is 1.51. The van der Waals surface area contributed by atoms with Crippen molar-refractivity contribution in [3.8, 4) is 0 Å². The molecule has 0 atom stereocenters. The van der Waals surface area contributed by atoms with Crippen LogP contribution in [0.15, 0.2) is 71.0 Å². The van der Waals surface area contributed by atoms with Crippen LogP contribution in [-0.2, 0) is 0 Å². The summed E-state index contributed by atoms with van der Waals surface area (Å²) in [6, 6.07) is 17.2. The zero-order valence-corrected chi connectivity index (χ0v) is 16.2. The highest BCUT2D eigenvalue weighted by atomic mass is 35.5. The van der Waals surface area contributed by atoms with Crippen molar-refractivity contribution in [1.29, 1.82) is 0 Å². The summed E-state index contributed by atoms with van der Waals surface area (Å²) in [6.07, 6.45) is 3.25. The lowest BCUT2D eigenvalue weighted by Crippen LogP contribution is -2.27. The van der Waals surface area contributed by atoms with Crippen molar-refractivity contribution in [3.05, 3.63) is 71.7 Å². The summed E-state index contributed by atoms with van der Waals surface area (Å²) in [5.41, 5.74) is 2.69. The van der Waals surface area contributed by atoms with Gasteiger partial charge in [-0.3, -0.25) is 0 Å². The maximum atomic E-state index is 9.86. The van der Waals surface area contributed by atoms with E-state index in [0.29, 0.717) is 22.6 Å². The highest BCUT2D eigenvalue weighted by Gasteiger charge is 2.04. The van der Waals surface area contributed by atoms with Gasteiger partial charge in [-0.15, -0.1) is 23.2 Å². The second-order valence-electron chi connectivity index (χ2n) is 5.86. The Morgan fingerprint density at radius 3 is 2.37 bits per heavy atom. The molecule has 0 saturated heterocycles. The van der Waals surface area contributed by atoms with Crippen LogP contribution in [-0.4, -0.2) is 41.0 Å². The number of fused-ring (bicyclic) bond motifs is 1. The molecule has 0 radical (unpaired) electrons. The number of alkyl halides is 2. The normalized spacial score (nSPS) is 12.1. The number of hydrogen-bond acceptors (Lipinski definition) is 4. The lowest BCUT2D eigenvalue weighted by molar-refractivity contribution is 0.198. The topological polar surface area (TPSA) is 53.1 Å². The third-order valence-corrected chi connectivity index (χ3v) is 4.48. The smallest absolute Gasteiger partial charge is 0.0967 e. The predicted molar refractivity (Wildman–Crippen MR) is 112 cm³/mol. The Morgan fingerprint density at radius 1 is 0.963 bits per heavy atom. The number of aromatic nitrogens is 1. The van der Waals surface area contributed by atoms with Gasteiger partial charge < -0.3 is 10.1 Å². The maximum Gasteiger partial charge on any atom is 0.0967 e. The Morgan fingerprint density at radius 2 is 1.67 bits per heavy atom. The van der Waals surface area contributed by atoms with Crippen molar-refractivity contribution in [2.75, 3.05) is 29.7 Å². The Balaban J connectivity index is 1.81. The molecule has 3 aromatic rings. The number of rotatable bonds is 7. The van der Waals surface area contributed by atoms with Gasteiger partial charge in [0.2, 0.25) is 0 Å². The molecule has 1 heterocycles.